The molecule has 25 heavy (non-hydrogen) atoms. The molecule has 0 saturated carbocycles. The number of alkyl halides is 3. The minimum absolute atomic E-state index is 0.130. The highest BCUT2D eigenvalue weighted by molar-refractivity contribution is 7.92. The van der Waals surface area contributed by atoms with Crippen LogP contribution in [0.5, 0.6) is 0 Å². The van der Waals surface area contributed by atoms with Crippen molar-refractivity contribution in [2.75, 3.05) is 17.1 Å². The zero-order valence-corrected chi connectivity index (χ0v) is 14.6. The quantitative estimate of drug-likeness (QED) is 0.834. The molecule has 2 aromatic rings. The molecule has 1 N–H and O–H groups in total. The molecule has 0 aromatic carbocycles. The van der Waals surface area contributed by atoms with Crippen LogP contribution in [-0.4, -0.2) is 37.1 Å². The first-order valence-corrected chi connectivity index (χ1v) is 9.72. The number of nitrogens with one attached hydrogen (secondary N) is 1. The Balaban J connectivity index is 1.94. The Morgan fingerprint density at radius 1 is 1.36 bits per heavy atom. The standard InChI is InChI=1S/C13H14F3N3O4S2/c1-7-17-11(23-18-7)10-8-2-4-22-6-9(8)24-12(10)19-25(20,21)5-3-13(14,15)16/h19H,2-6H2,1H3. The highest BCUT2D eigenvalue weighted by atomic mass is 32.2. The van der Waals surface area contributed by atoms with E-state index < -0.39 is 28.4 Å². The van der Waals surface area contributed by atoms with Gasteiger partial charge in [0.1, 0.15) is 5.00 Å². The van der Waals surface area contributed by atoms with Gasteiger partial charge in [-0.15, -0.1) is 11.3 Å². The molecular formula is C13H14F3N3O4S2. The number of anilines is 1. The molecule has 0 aliphatic carbocycles. The van der Waals surface area contributed by atoms with Crippen LogP contribution in [0.4, 0.5) is 18.2 Å². The molecular weight excluding hydrogens is 383 g/mol. The third-order valence-corrected chi connectivity index (χ3v) is 5.97. The number of aryl methyl sites for hydroxylation is 1. The van der Waals surface area contributed by atoms with Crippen molar-refractivity contribution in [1.82, 2.24) is 10.1 Å². The summed E-state index contributed by atoms with van der Waals surface area (Å²) in [7, 11) is -4.18. The normalized spacial score (nSPS) is 15.2. The summed E-state index contributed by atoms with van der Waals surface area (Å²) in [4.78, 5) is 4.89. The molecule has 1 aliphatic heterocycles. The van der Waals surface area contributed by atoms with Gasteiger partial charge in [0.25, 0.3) is 5.89 Å². The first-order valence-electron chi connectivity index (χ1n) is 7.25. The molecule has 0 fully saturated rings. The van der Waals surface area contributed by atoms with Crippen molar-refractivity contribution >= 4 is 26.4 Å². The Labute approximate surface area is 145 Å². The molecule has 3 heterocycles. The molecule has 0 radical (unpaired) electrons. The number of nitrogens with zero attached hydrogens (tertiary/aromatic N) is 2. The van der Waals surface area contributed by atoms with Crippen LogP contribution in [0.15, 0.2) is 4.52 Å². The summed E-state index contributed by atoms with van der Waals surface area (Å²) in [5.74, 6) is -0.559. The number of fused-ring (bicyclic) bond motifs is 1. The number of thiophene rings is 1. The number of hydrogen-bond acceptors (Lipinski definition) is 7. The summed E-state index contributed by atoms with van der Waals surface area (Å²) in [5, 5.41) is 3.86. The van der Waals surface area contributed by atoms with Gasteiger partial charge in [0.2, 0.25) is 10.0 Å². The Morgan fingerprint density at radius 3 is 2.76 bits per heavy atom. The van der Waals surface area contributed by atoms with Gasteiger partial charge in [-0.1, -0.05) is 5.16 Å². The molecule has 0 spiro atoms. The highest BCUT2D eigenvalue weighted by Crippen LogP contribution is 2.43. The molecule has 0 unspecified atom stereocenters. The number of hydrogen-bond donors (Lipinski definition) is 1. The number of sulfonamides is 1. The number of aromatic nitrogens is 2. The SMILES string of the molecule is Cc1noc(-c2c(NS(=O)(=O)CCC(F)(F)F)sc3c2CCOC3)n1. The van der Waals surface area contributed by atoms with Gasteiger partial charge in [-0.25, -0.2) is 8.42 Å². The van der Waals surface area contributed by atoms with Crippen LogP contribution in [0.25, 0.3) is 11.5 Å². The van der Waals surface area contributed by atoms with E-state index >= 15 is 0 Å². The lowest BCUT2D eigenvalue weighted by Crippen LogP contribution is -2.21. The molecule has 0 atom stereocenters. The third kappa shape index (κ3) is 4.30. The molecule has 7 nitrogen and oxygen atoms in total. The van der Waals surface area contributed by atoms with Crippen molar-refractivity contribution in [1.29, 1.82) is 0 Å². The molecule has 12 heteroatoms. The lowest BCUT2D eigenvalue weighted by Gasteiger charge is -2.12. The lowest BCUT2D eigenvalue weighted by atomic mass is 10.1. The first-order chi connectivity index (χ1) is 11.6. The Morgan fingerprint density at radius 2 is 2.12 bits per heavy atom. The van der Waals surface area contributed by atoms with Gasteiger partial charge in [0.15, 0.2) is 5.82 Å². The second-order valence-electron chi connectivity index (χ2n) is 5.44. The summed E-state index contributed by atoms with van der Waals surface area (Å²) in [6, 6.07) is 0. The van der Waals surface area contributed by atoms with E-state index in [0.29, 0.717) is 31.0 Å². The summed E-state index contributed by atoms with van der Waals surface area (Å²) in [6.45, 7) is 2.36. The number of ether oxygens (including phenoxy) is 1. The van der Waals surface area contributed by atoms with Crippen molar-refractivity contribution in [3.63, 3.8) is 0 Å². The Hall–Kier alpha value is -1.66. The van der Waals surface area contributed by atoms with Crippen LogP contribution in [-0.2, 0) is 27.8 Å². The van der Waals surface area contributed by atoms with E-state index in [1.807, 2.05) is 0 Å². The van der Waals surface area contributed by atoms with Crippen molar-refractivity contribution in [2.24, 2.45) is 0 Å². The first kappa shape index (κ1) is 18.1. The van der Waals surface area contributed by atoms with Gasteiger partial charge in [-0.3, -0.25) is 4.72 Å². The fourth-order valence-electron chi connectivity index (χ4n) is 2.37. The fraction of sp³-hybridized carbons (Fsp3) is 0.538. The number of halogens is 3. The Bertz CT molecular complexity index is 874. The molecule has 138 valence electrons. The van der Waals surface area contributed by atoms with Gasteiger partial charge >= 0.3 is 6.18 Å². The van der Waals surface area contributed by atoms with E-state index in [2.05, 4.69) is 14.9 Å². The van der Waals surface area contributed by atoms with Crippen molar-refractivity contribution in [2.45, 2.75) is 32.5 Å². The van der Waals surface area contributed by atoms with Crippen molar-refractivity contribution in [3.05, 3.63) is 16.3 Å². The summed E-state index contributed by atoms with van der Waals surface area (Å²) in [6.07, 6.45) is -5.46. The van der Waals surface area contributed by atoms with Gasteiger partial charge < -0.3 is 9.26 Å². The maximum Gasteiger partial charge on any atom is 0.390 e. The van der Waals surface area contributed by atoms with Gasteiger partial charge in [-0.2, -0.15) is 18.2 Å². The average Bonchev–Trinajstić information content (AvgIpc) is 3.07. The molecule has 0 saturated heterocycles. The molecule has 0 bridgehead atoms. The second-order valence-corrected chi connectivity index (χ2v) is 8.39. The van der Waals surface area contributed by atoms with Crippen LogP contribution < -0.4 is 4.72 Å². The van der Waals surface area contributed by atoms with E-state index in [0.717, 1.165) is 21.8 Å². The number of rotatable bonds is 5. The topological polar surface area (TPSA) is 94.3 Å². The van der Waals surface area contributed by atoms with E-state index in [-0.39, 0.29) is 10.9 Å². The van der Waals surface area contributed by atoms with Crippen LogP contribution in [0, 0.1) is 6.92 Å². The van der Waals surface area contributed by atoms with Gasteiger partial charge in [0.05, 0.1) is 31.0 Å². The maximum atomic E-state index is 12.3. The summed E-state index contributed by atoms with van der Waals surface area (Å²) in [5.41, 5.74) is 1.23. The minimum atomic E-state index is -4.55. The van der Waals surface area contributed by atoms with Crippen molar-refractivity contribution < 1.29 is 30.8 Å². The zero-order valence-electron chi connectivity index (χ0n) is 13.0. The fourth-order valence-corrected chi connectivity index (χ4v) is 4.93. The zero-order chi connectivity index (χ0) is 18.2. The maximum absolute atomic E-state index is 12.3. The molecule has 0 amide bonds. The smallest absolute Gasteiger partial charge is 0.376 e. The van der Waals surface area contributed by atoms with E-state index in [1.165, 1.54) is 0 Å². The van der Waals surface area contributed by atoms with Crippen LogP contribution in [0.1, 0.15) is 22.7 Å². The molecule has 2 aromatic heterocycles. The van der Waals surface area contributed by atoms with E-state index in [9.17, 15) is 21.6 Å². The monoisotopic (exact) mass is 397 g/mol. The molecule has 1 aliphatic rings. The van der Waals surface area contributed by atoms with Crippen LogP contribution >= 0.6 is 11.3 Å². The predicted molar refractivity (Wildman–Crippen MR) is 83.8 cm³/mol. The van der Waals surface area contributed by atoms with Gasteiger partial charge in [0, 0.05) is 4.88 Å². The van der Waals surface area contributed by atoms with Crippen molar-refractivity contribution in [3.8, 4) is 11.5 Å². The summed E-state index contributed by atoms with van der Waals surface area (Å²) < 4.78 is 73.8. The molecule has 3 rings (SSSR count). The van der Waals surface area contributed by atoms with Crippen LogP contribution in [0.3, 0.4) is 0 Å². The van der Waals surface area contributed by atoms with E-state index in [4.69, 9.17) is 9.26 Å². The average molecular weight is 397 g/mol. The largest absolute Gasteiger partial charge is 0.390 e. The lowest BCUT2D eigenvalue weighted by molar-refractivity contribution is -0.129. The van der Waals surface area contributed by atoms with Crippen LogP contribution in [0.2, 0.25) is 0 Å². The highest BCUT2D eigenvalue weighted by Gasteiger charge is 2.32. The minimum Gasteiger partial charge on any atom is -0.376 e. The second kappa shape index (κ2) is 6.57. The van der Waals surface area contributed by atoms with Gasteiger partial charge in [-0.05, 0) is 18.9 Å². The third-order valence-electron chi connectivity index (χ3n) is 3.46. The van der Waals surface area contributed by atoms with E-state index in [1.54, 1.807) is 6.92 Å². The predicted octanol–water partition coefficient (Wildman–Crippen LogP) is 2.87. The Kier molecular flexibility index (Phi) is 4.77. The summed E-state index contributed by atoms with van der Waals surface area (Å²) >= 11 is 1.10.